The summed E-state index contributed by atoms with van der Waals surface area (Å²) in [4.78, 5) is 10.4. The summed E-state index contributed by atoms with van der Waals surface area (Å²) in [5.41, 5.74) is 0.516. The molecule has 2 nitrogen and oxygen atoms in total. The van der Waals surface area contributed by atoms with Gasteiger partial charge in [0.1, 0.15) is 0 Å². The van der Waals surface area contributed by atoms with E-state index >= 15 is 0 Å². The van der Waals surface area contributed by atoms with Crippen LogP contribution in [0, 0.1) is 5.41 Å². The number of unbranched alkanes of at least 4 members (excludes halogenated alkanes) is 16. The standard InChI is InChI=1S/C24H48O2/c1-24(2,3)22-20-18-16-14-12-10-8-6-4-5-7-9-11-13-15-17-19-21-23(25)26/h4-22H2,1-3H3,(H,25,26). The molecule has 0 amide bonds. The first-order valence-electron chi connectivity index (χ1n) is 11.6. The van der Waals surface area contributed by atoms with Gasteiger partial charge in [-0.05, 0) is 18.3 Å². The van der Waals surface area contributed by atoms with E-state index in [4.69, 9.17) is 5.11 Å². The summed E-state index contributed by atoms with van der Waals surface area (Å²) in [6.45, 7) is 7.04. The molecule has 0 aliphatic carbocycles. The van der Waals surface area contributed by atoms with Crippen molar-refractivity contribution in [3.63, 3.8) is 0 Å². The van der Waals surface area contributed by atoms with Crippen LogP contribution in [0.25, 0.3) is 0 Å². The molecule has 0 bridgehead atoms. The number of carboxylic acid groups (broad SMARTS) is 1. The third kappa shape index (κ3) is 23.5. The lowest BCUT2D eigenvalue weighted by molar-refractivity contribution is -0.137. The number of hydrogen-bond acceptors (Lipinski definition) is 1. The van der Waals surface area contributed by atoms with E-state index in [1.54, 1.807) is 0 Å². The fourth-order valence-corrected chi connectivity index (χ4v) is 3.58. The van der Waals surface area contributed by atoms with E-state index < -0.39 is 5.97 Å². The molecule has 0 spiro atoms. The lowest BCUT2D eigenvalue weighted by Crippen LogP contribution is -2.03. The smallest absolute Gasteiger partial charge is 0.303 e. The normalized spacial score (nSPS) is 11.8. The second-order valence-corrected chi connectivity index (χ2v) is 9.46. The summed E-state index contributed by atoms with van der Waals surface area (Å²) in [5, 5.41) is 8.57. The van der Waals surface area contributed by atoms with Gasteiger partial charge < -0.3 is 5.11 Å². The molecule has 0 rings (SSSR count). The molecule has 2 heteroatoms. The lowest BCUT2D eigenvalue weighted by Gasteiger charge is -2.17. The highest BCUT2D eigenvalue weighted by molar-refractivity contribution is 5.66. The van der Waals surface area contributed by atoms with Crippen LogP contribution in [-0.4, -0.2) is 11.1 Å². The topological polar surface area (TPSA) is 37.3 Å². The molecule has 26 heavy (non-hydrogen) atoms. The van der Waals surface area contributed by atoms with Gasteiger partial charge in [0.2, 0.25) is 0 Å². The average molecular weight is 369 g/mol. The van der Waals surface area contributed by atoms with E-state index in [0.29, 0.717) is 11.8 Å². The van der Waals surface area contributed by atoms with E-state index in [2.05, 4.69) is 20.8 Å². The lowest BCUT2D eigenvalue weighted by atomic mass is 9.89. The van der Waals surface area contributed by atoms with Crippen molar-refractivity contribution < 1.29 is 9.90 Å². The summed E-state index contributed by atoms with van der Waals surface area (Å²) < 4.78 is 0. The molecule has 0 aliphatic heterocycles. The van der Waals surface area contributed by atoms with E-state index in [0.717, 1.165) is 12.8 Å². The van der Waals surface area contributed by atoms with E-state index in [9.17, 15) is 4.79 Å². The fraction of sp³-hybridized carbons (Fsp3) is 0.958. The molecule has 0 radical (unpaired) electrons. The molecule has 0 aromatic heterocycles. The molecule has 1 N–H and O–H groups in total. The van der Waals surface area contributed by atoms with Crippen LogP contribution in [0.5, 0.6) is 0 Å². The van der Waals surface area contributed by atoms with Gasteiger partial charge in [-0.25, -0.2) is 0 Å². The fourth-order valence-electron chi connectivity index (χ4n) is 3.58. The molecule has 0 unspecified atom stereocenters. The predicted octanol–water partition coefficient (Wildman–Crippen LogP) is 8.53. The Bertz CT molecular complexity index is 304. The van der Waals surface area contributed by atoms with Crippen LogP contribution >= 0.6 is 0 Å². The molecule has 0 aromatic carbocycles. The van der Waals surface area contributed by atoms with Crippen molar-refractivity contribution in [3.05, 3.63) is 0 Å². The Balaban J connectivity index is 3.04. The maximum Gasteiger partial charge on any atom is 0.303 e. The molecule has 0 saturated carbocycles. The van der Waals surface area contributed by atoms with Crippen LogP contribution in [0.1, 0.15) is 143 Å². The molecule has 0 aliphatic rings. The molecule has 0 heterocycles. The Morgan fingerprint density at radius 2 is 0.808 bits per heavy atom. The first-order chi connectivity index (χ1) is 12.4. The monoisotopic (exact) mass is 368 g/mol. The highest BCUT2D eigenvalue weighted by Crippen LogP contribution is 2.22. The van der Waals surface area contributed by atoms with Gasteiger partial charge in [0, 0.05) is 6.42 Å². The third-order valence-corrected chi connectivity index (χ3v) is 5.32. The quantitative estimate of drug-likeness (QED) is 0.232. The van der Waals surface area contributed by atoms with Gasteiger partial charge in [-0.15, -0.1) is 0 Å². The first-order valence-corrected chi connectivity index (χ1v) is 11.6. The Hall–Kier alpha value is -0.530. The minimum atomic E-state index is -0.652. The van der Waals surface area contributed by atoms with E-state index in [-0.39, 0.29) is 0 Å². The van der Waals surface area contributed by atoms with Crippen molar-refractivity contribution in [1.29, 1.82) is 0 Å². The Kier molecular flexibility index (Phi) is 17.5. The van der Waals surface area contributed by atoms with Gasteiger partial charge in [-0.2, -0.15) is 0 Å². The molecule has 0 atom stereocenters. The van der Waals surface area contributed by atoms with Crippen LogP contribution in [0.15, 0.2) is 0 Å². The Labute approximate surface area is 164 Å². The Morgan fingerprint density at radius 1 is 0.538 bits per heavy atom. The summed E-state index contributed by atoms with van der Waals surface area (Å²) in [5.74, 6) is -0.652. The highest BCUT2D eigenvalue weighted by atomic mass is 16.4. The summed E-state index contributed by atoms with van der Waals surface area (Å²) in [6, 6.07) is 0. The van der Waals surface area contributed by atoms with Gasteiger partial charge in [-0.1, -0.05) is 124 Å². The van der Waals surface area contributed by atoms with Crippen LogP contribution < -0.4 is 0 Å². The van der Waals surface area contributed by atoms with Crippen LogP contribution in [-0.2, 0) is 4.79 Å². The third-order valence-electron chi connectivity index (χ3n) is 5.32. The van der Waals surface area contributed by atoms with Crippen molar-refractivity contribution in [2.45, 2.75) is 143 Å². The molecule has 156 valence electrons. The van der Waals surface area contributed by atoms with E-state index in [1.807, 2.05) is 0 Å². The largest absolute Gasteiger partial charge is 0.481 e. The van der Waals surface area contributed by atoms with Crippen LogP contribution in [0.3, 0.4) is 0 Å². The molecular formula is C24H48O2. The molecule has 0 saturated heterocycles. The predicted molar refractivity (Wildman–Crippen MR) is 115 cm³/mol. The maximum atomic E-state index is 10.4. The number of hydrogen-bond donors (Lipinski definition) is 1. The maximum absolute atomic E-state index is 10.4. The number of rotatable bonds is 19. The van der Waals surface area contributed by atoms with Gasteiger partial charge in [0.05, 0.1) is 0 Å². The number of carboxylic acids is 1. The zero-order chi connectivity index (χ0) is 19.5. The SMILES string of the molecule is CC(C)(C)CCCCCCCCCCCCCCCCCCCC(=O)O. The second kappa shape index (κ2) is 17.9. The van der Waals surface area contributed by atoms with Gasteiger partial charge in [-0.3, -0.25) is 4.79 Å². The van der Waals surface area contributed by atoms with Crippen molar-refractivity contribution in [2.75, 3.05) is 0 Å². The van der Waals surface area contributed by atoms with Crippen molar-refractivity contribution in [2.24, 2.45) is 5.41 Å². The highest BCUT2D eigenvalue weighted by Gasteiger charge is 2.08. The Morgan fingerprint density at radius 3 is 1.08 bits per heavy atom. The van der Waals surface area contributed by atoms with E-state index in [1.165, 1.54) is 103 Å². The molecule has 0 fully saturated rings. The summed E-state index contributed by atoms with van der Waals surface area (Å²) >= 11 is 0. The van der Waals surface area contributed by atoms with Crippen LogP contribution in [0.2, 0.25) is 0 Å². The van der Waals surface area contributed by atoms with Gasteiger partial charge in [0.15, 0.2) is 0 Å². The number of carbonyl (C=O) groups is 1. The number of aliphatic carboxylic acids is 1. The summed E-state index contributed by atoms with van der Waals surface area (Å²) in [7, 11) is 0. The average Bonchev–Trinajstić information content (AvgIpc) is 2.55. The van der Waals surface area contributed by atoms with Gasteiger partial charge >= 0.3 is 5.97 Å². The summed E-state index contributed by atoms with van der Waals surface area (Å²) in [6.07, 6.45) is 24.5. The van der Waals surface area contributed by atoms with Crippen molar-refractivity contribution in [3.8, 4) is 0 Å². The first kappa shape index (κ1) is 25.5. The molecular weight excluding hydrogens is 320 g/mol. The van der Waals surface area contributed by atoms with Crippen molar-refractivity contribution >= 4 is 5.97 Å². The zero-order valence-electron chi connectivity index (χ0n) is 18.3. The van der Waals surface area contributed by atoms with Gasteiger partial charge in [0.25, 0.3) is 0 Å². The minimum Gasteiger partial charge on any atom is -0.481 e. The zero-order valence-corrected chi connectivity index (χ0v) is 18.3. The molecule has 0 aromatic rings. The minimum absolute atomic E-state index is 0.344. The van der Waals surface area contributed by atoms with Crippen molar-refractivity contribution in [1.82, 2.24) is 0 Å². The second-order valence-electron chi connectivity index (χ2n) is 9.46. The van der Waals surface area contributed by atoms with Crippen LogP contribution in [0.4, 0.5) is 0 Å².